The van der Waals surface area contributed by atoms with Crippen molar-refractivity contribution in [2.75, 3.05) is 13.7 Å². The molecule has 0 unspecified atom stereocenters. The normalized spacial score (nSPS) is 19.3. The van der Waals surface area contributed by atoms with Gasteiger partial charge in [-0.25, -0.2) is 4.98 Å². The third-order valence-corrected chi connectivity index (χ3v) is 8.78. The molecule has 3 aromatic rings. The Morgan fingerprint density at radius 1 is 1.20 bits per heavy atom. The molecule has 1 aromatic heterocycles. The van der Waals surface area contributed by atoms with E-state index in [4.69, 9.17) is 4.74 Å². The average Bonchev–Trinajstić information content (AvgIpc) is 3.63. The number of carbonyl (C=O) groups is 3. The Morgan fingerprint density at radius 3 is 2.56 bits per heavy atom. The van der Waals surface area contributed by atoms with Crippen LogP contribution in [0.2, 0.25) is 0 Å². The fourth-order valence-corrected chi connectivity index (χ4v) is 6.56. The summed E-state index contributed by atoms with van der Waals surface area (Å²) in [7, 11) is 1.57. The SMILES string of the molecule is COc1ccc2c(c1)CN([C@H](C(=O)N1C[C@H](O)C[C@H]1C(=O)NCc1ccc(-c3scnc3C)cc1)C(C)(C)C)C2=O. The first-order valence-corrected chi connectivity index (χ1v) is 14.6. The van der Waals surface area contributed by atoms with Crippen molar-refractivity contribution in [2.24, 2.45) is 5.41 Å². The van der Waals surface area contributed by atoms with Crippen molar-refractivity contribution >= 4 is 29.1 Å². The lowest BCUT2D eigenvalue weighted by Crippen LogP contribution is -2.57. The number of carbonyl (C=O) groups excluding carboxylic acids is 3. The lowest BCUT2D eigenvalue weighted by Gasteiger charge is -2.40. The van der Waals surface area contributed by atoms with Gasteiger partial charge in [0.1, 0.15) is 17.8 Å². The molecule has 5 rings (SSSR count). The Labute approximate surface area is 244 Å². The van der Waals surface area contributed by atoms with Crippen LogP contribution < -0.4 is 10.1 Å². The molecule has 2 aliphatic rings. The van der Waals surface area contributed by atoms with Gasteiger partial charge >= 0.3 is 0 Å². The average molecular weight is 577 g/mol. The van der Waals surface area contributed by atoms with Gasteiger partial charge in [0.25, 0.3) is 5.91 Å². The molecule has 216 valence electrons. The molecule has 0 bridgehead atoms. The standard InChI is InChI=1S/C31H36N4O5S/c1-18-26(41-17-33-18)20-8-6-19(7-9-20)14-32-28(37)25-13-22(36)16-34(25)30(39)27(31(2,3)4)35-15-21-12-23(40-5)10-11-24(21)29(35)38/h6-12,17,22,25,27,36H,13-16H2,1-5H3,(H,32,37)/t22-,25+,27-/m1/s1. The molecule has 9 nitrogen and oxygen atoms in total. The lowest BCUT2D eigenvalue weighted by atomic mass is 9.84. The van der Waals surface area contributed by atoms with Crippen molar-refractivity contribution in [3.63, 3.8) is 0 Å². The summed E-state index contributed by atoms with van der Waals surface area (Å²) in [5.41, 5.74) is 5.51. The summed E-state index contributed by atoms with van der Waals surface area (Å²) in [6, 6.07) is 11.6. The molecule has 10 heteroatoms. The number of β-amino-alcohol motifs (C(OH)–C–C–N with tert-alkyl or cyclic N) is 1. The zero-order valence-corrected chi connectivity index (χ0v) is 24.8. The second kappa shape index (κ2) is 11.3. The first kappa shape index (κ1) is 28.8. The fourth-order valence-electron chi connectivity index (χ4n) is 5.75. The number of fused-ring (bicyclic) bond motifs is 1. The maximum Gasteiger partial charge on any atom is 0.255 e. The van der Waals surface area contributed by atoms with Gasteiger partial charge in [0.05, 0.1) is 29.3 Å². The van der Waals surface area contributed by atoms with E-state index in [0.717, 1.165) is 27.3 Å². The van der Waals surface area contributed by atoms with Crippen LogP contribution in [0, 0.1) is 12.3 Å². The predicted octanol–water partition coefficient (Wildman–Crippen LogP) is 3.78. The molecular formula is C31H36N4O5S. The van der Waals surface area contributed by atoms with Crippen LogP contribution in [0.15, 0.2) is 48.0 Å². The van der Waals surface area contributed by atoms with E-state index in [1.807, 2.05) is 63.5 Å². The molecule has 0 radical (unpaired) electrons. The largest absolute Gasteiger partial charge is 0.497 e. The van der Waals surface area contributed by atoms with Gasteiger partial charge in [-0.2, -0.15) is 0 Å². The minimum Gasteiger partial charge on any atom is -0.497 e. The maximum absolute atomic E-state index is 14.1. The van der Waals surface area contributed by atoms with Crippen molar-refractivity contribution in [3.8, 4) is 16.2 Å². The van der Waals surface area contributed by atoms with E-state index in [1.54, 1.807) is 35.5 Å². The van der Waals surface area contributed by atoms with Gasteiger partial charge in [-0.3, -0.25) is 14.4 Å². The number of aromatic nitrogens is 1. The van der Waals surface area contributed by atoms with Crippen LogP contribution in [0.1, 0.15) is 54.4 Å². The van der Waals surface area contributed by atoms with Crippen molar-refractivity contribution in [2.45, 2.75) is 65.4 Å². The number of hydrogen-bond donors (Lipinski definition) is 2. The Balaban J connectivity index is 1.30. The minimum atomic E-state index is -0.832. The highest BCUT2D eigenvalue weighted by atomic mass is 32.1. The van der Waals surface area contributed by atoms with E-state index in [0.29, 0.717) is 17.9 Å². The van der Waals surface area contributed by atoms with E-state index < -0.39 is 23.6 Å². The molecule has 2 aliphatic heterocycles. The van der Waals surface area contributed by atoms with Crippen molar-refractivity contribution < 1.29 is 24.2 Å². The van der Waals surface area contributed by atoms with Crippen LogP contribution in [0.25, 0.3) is 10.4 Å². The number of benzene rings is 2. The molecule has 0 spiro atoms. The zero-order valence-electron chi connectivity index (χ0n) is 24.0. The van der Waals surface area contributed by atoms with Crippen LogP contribution in [0.4, 0.5) is 0 Å². The number of methoxy groups -OCH3 is 1. The van der Waals surface area contributed by atoms with Gasteiger partial charge in [-0.05, 0) is 47.2 Å². The van der Waals surface area contributed by atoms with E-state index in [1.165, 1.54) is 4.90 Å². The summed E-state index contributed by atoms with van der Waals surface area (Å²) in [6.45, 7) is 8.30. The molecule has 0 aliphatic carbocycles. The summed E-state index contributed by atoms with van der Waals surface area (Å²) in [4.78, 5) is 49.4. The molecule has 0 saturated carbocycles. The molecule has 3 amide bonds. The molecule has 1 saturated heterocycles. The van der Waals surface area contributed by atoms with Crippen molar-refractivity contribution in [3.05, 3.63) is 70.4 Å². The van der Waals surface area contributed by atoms with Gasteiger partial charge in [-0.15, -0.1) is 11.3 Å². The van der Waals surface area contributed by atoms with Crippen LogP contribution in [-0.4, -0.2) is 69.5 Å². The summed E-state index contributed by atoms with van der Waals surface area (Å²) in [5, 5.41) is 13.5. The second-order valence-electron chi connectivity index (χ2n) is 11.8. The number of rotatable bonds is 7. The Hall–Kier alpha value is -3.76. The van der Waals surface area contributed by atoms with E-state index in [-0.39, 0.29) is 37.2 Å². The minimum absolute atomic E-state index is 0.0369. The van der Waals surface area contributed by atoms with Gasteiger partial charge in [-0.1, -0.05) is 45.0 Å². The maximum atomic E-state index is 14.1. The van der Waals surface area contributed by atoms with Crippen LogP contribution in [0.3, 0.4) is 0 Å². The number of likely N-dealkylation sites (tertiary alicyclic amines) is 1. The summed E-state index contributed by atoms with van der Waals surface area (Å²) in [6.07, 6.45) is -0.684. The van der Waals surface area contributed by atoms with E-state index in [2.05, 4.69) is 10.3 Å². The van der Waals surface area contributed by atoms with E-state index >= 15 is 0 Å². The first-order valence-electron chi connectivity index (χ1n) is 13.7. The lowest BCUT2D eigenvalue weighted by molar-refractivity contribution is -0.145. The first-order chi connectivity index (χ1) is 19.5. The zero-order chi connectivity index (χ0) is 29.5. The van der Waals surface area contributed by atoms with Crippen LogP contribution in [-0.2, 0) is 22.7 Å². The number of hydrogen-bond acceptors (Lipinski definition) is 7. The number of aliphatic hydroxyl groups excluding tert-OH is 1. The summed E-state index contributed by atoms with van der Waals surface area (Å²) in [5.74, 6) is -0.254. The molecule has 3 atom stereocenters. The third-order valence-electron chi connectivity index (χ3n) is 7.80. The van der Waals surface area contributed by atoms with Crippen molar-refractivity contribution in [1.82, 2.24) is 20.1 Å². The highest BCUT2D eigenvalue weighted by Gasteiger charge is 2.48. The number of aliphatic hydroxyl groups is 1. The molecule has 1 fully saturated rings. The van der Waals surface area contributed by atoms with Crippen molar-refractivity contribution in [1.29, 1.82) is 0 Å². The predicted molar refractivity (Wildman–Crippen MR) is 156 cm³/mol. The van der Waals surface area contributed by atoms with E-state index in [9.17, 15) is 19.5 Å². The summed E-state index contributed by atoms with van der Waals surface area (Å²) < 4.78 is 5.32. The van der Waals surface area contributed by atoms with Crippen LogP contribution in [0.5, 0.6) is 5.75 Å². The number of nitrogens with zero attached hydrogens (tertiary/aromatic N) is 3. The highest BCUT2D eigenvalue weighted by molar-refractivity contribution is 7.13. The van der Waals surface area contributed by atoms with Gasteiger partial charge in [0.2, 0.25) is 11.8 Å². The fraction of sp³-hybridized carbons (Fsp3) is 0.419. The van der Waals surface area contributed by atoms with Gasteiger partial charge < -0.3 is 25.0 Å². The van der Waals surface area contributed by atoms with Gasteiger partial charge in [0.15, 0.2) is 0 Å². The Morgan fingerprint density at radius 2 is 1.93 bits per heavy atom. The molecule has 3 heterocycles. The monoisotopic (exact) mass is 576 g/mol. The Kier molecular flexibility index (Phi) is 7.89. The van der Waals surface area contributed by atoms with Crippen LogP contribution >= 0.6 is 11.3 Å². The summed E-state index contributed by atoms with van der Waals surface area (Å²) >= 11 is 1.59. The number of amides is 3. The highest BCUT2D eigenvalue weighted by Crippen LogP contribution is 2.36. The quantitative estimate of drug-likeness (QED) is 0.443. The third kappa shape index (κ3) is 5.71. The molecular weight excluding hydrogens is 540 g/mol. The number of ether oxygens (including phenoxy) is 1. The number of nitrogens with one attached hydrogen (secondary N) is 1. The smallest absolute Gasteiger partial charge is 0.255 e. The molecule has 41 heavy (non-hydrogen) atoms. The molecule has 2 aromatic carbocycles. The number of aryl methyl sites for hydroxylation is 1. The number of thiazole rings is 1. The topological polar surface area (TPSA) is 112 Å². The second-order valence-corrected chi connectivity index (χ2v) is 12.7. The van der Waals surface area contributed by atoms with Gasteiger partial charge in [0, 0.05) is 31.6 Å². The Bertz CT molecular complexity index is 1460. The molecule has 2 N–H and O–H groups in total.